The number of benzene rings is 1. The predicted octanol–water partition coefficient (Wildman–Crippen LogP) is 3.33. The molecule has 0 aliphatic heterocycles. The number of anilines is 3. The van der Waals surface area contributed by atoms with Gasteiger partial charge in [-0.15, -0.1) is 0 Å². The minimum atomic E-state index is 0.680. The van der Waals surface area contributed by atoms with Crippen molar-refractivity contribution in [1.82, 2.24) is 4.98 Å². The summed E-state index contributed by atoms with van der Waals surface area (Å²) in [5.41, 5.74) is 9.69. The fourth-order valence-electron chi connectivity index (χ4n) is 1.63. The number of aromatic amines is 1. The summed E-state index contributed by atoms with van der Waals surface area (Å²) in [6.07, 6.45) is 3.80. The predicted molar refractivity (Wildman–Crippen MR) is 69.5 cm³/mol. The molecule has 2 rings (SSSR count). The highest BCUT2D eigenvalue weighted by atomic mass is 35.5. The van der Waals surface area contributed by atoms with Gasteiger partial charge in [-0.25, -0.2) is 0 Å². The topological polar surface area (TPSA) is 45.0 Å². The molecule has 0 spiro atoms. The van der Waals surface area contributed by atoms with E-state index in [4.69, 9.17) is 17.3 Å². The largest absolute Gasteiger partial charge is 0.397 e. The number of hydrogen-bond acceptors (Lipinski definition) is 2. The number of nitrogens with zero attached hydrogens (tertiary/aromatic N) is 1. The first-order valence-corrected chi connectivity index (χ1v) is 5.39. The highest BCUT2D eigenvalue weighted by Gasteiger charge is 2.10. The zero-order chi connectivity index (χ0) is 11.7. The van der Waals surface area contributed by atoms with Crippen LogP contribution in [-0.4, -0.2) is 12.0 Å². The first-order chi connectivity index (χ1) is 7.59. The van der Waals surface area contributed by atoms with Gasteiger partial charge in [-0.05, 0) is 30.7 Å². The lowest BCUT2D eigenvalue weighted by Gasteiger charge is -2.20. The summed E-state index contributed by atoms with van der Waals surface area (Å²) in [4.78, 5) is 5.04. The molecule has 0 atom stereocenters. The van der Waals surface area contributed by atoms with Crippen molar-refractivity contribution in [3.8, 4) is 0 Å². The number of H-pyrrole nitrogens is 1. The standard InChI is InChI=1S/C12H14ClN3/c1-8-5-12(11(14)6-10(8)13)16(2)9-3-4-15-7-9/h3-7,15H,14H2,1-2H3. The molecule has 0 saturated carbocycles. The van der Waals surface area contributed by atoms with E-state index in [0.717, 1.165) is 16.9 Å². The normalized spacial score (nSPS) is 10.4. The summed E-state index contributed by atoms with van der Waals surface area (Å²) in [6, 6.07) is 5.77. The van der Waals surface area contributed by atoms with E-state index in [1.807, 2.05) is 43.4 Å². The highest BCUT2D eigenvalue weighted by molar-refractivity contribution is 6.31. The van der Waals surface area contributed by atoms with Crippen LogP contribution in [0.3, 0.4) is 0 Å². The molecule has 1 aromatic heterocycles. The smallest absolute Gasteiger partial charge is 0.0645 e. The van der Waals surface area contributed by atoms with Gasteiger partial charge < -0.3 is 15.6 Å². The summed E-state index contributed by atoms with van der Waals surface area (Å²) in [7, 11) is 1.97. The van der Waals surface area contributed by atoms with Gasteiger partial charge in [0.15, 0.2) is 0 Å². The van der Waals surface area contributed by atoms with Gasteiger partial charge in [-0.1, -0.05) is 11.6 Å². The maximum atomic E-state index is 6.01. The second kappa shape index (κ2) is 4.10. The Hall–Kier alpha value is -1.61. The van der Waals surface area contributed by atoms with Crippen molar-refractivity contribution in [3.63, 3.8) is 0 Å². The summed E-state index contributed by atoms with van der Waals surface area (Å²) in [5, 5.41) is 0.698. The fraction of sp³-hybridized carbons (Fsp3) is 0.167. The molecular weight excluding hydrogens is 222 g/mol. The fourth-order valence-corrected chi connectivity index (χ4v) is 1.81. The third-order valence-corrected chi connectivity index (χ3v) is 3.05. The van der Waals surface area contributed by atoms with Crippen LogP contribution in [0.1, 0.15) is 5.56 Å². The minimum absolute atomic E-state index is 0.680. The van der Waals surface area contributed by atoms with E-state index in [1.54, 1.807) is 6.07 Å². The maximum Gasteiger partial charge on any atom is 0.0645 e. The number of nitrogen functional groups attached to an aromatic ring is 1. The van der Waals surface area contributed by atoms with Gasteiger partial charge in [0.2, 0.25) is 0 Å². The van der Waals surface area contributed by atoms with E-state index in [-0.39, 0.29) is 0 Å². The van der Waals surface area contributed by atoms with Crippen LogP contribution in [0.4, 0.5) is 17.1 Å². The zero-order valence-corrected chi connectivity index (χ0v) is 10.0. The van der Waals surface area contributed by atoms with Gasteiger partial charge in [-0.3, -0.25) is 0 Å². The molecule has 0 bridgehead atoms. The summed E-state index contributed by atoms with van der Waals surface area (Å²) in [6.45, 7) is 1.97. The first kappa shape index (κ1) is 10.9. The molecule has 3 nitrogen and oxygen atoms in total. The zero-order valence-electron chi connectivity index (χ0n) is 9.29. The molecule has 3 N–H and O–H groups in total. The van der Waals surface area contributed by atoms with E-state index < -0.39 is 0 Å². The Kier molecular flexibility index (Phi) is 2.79. The molecule has 0 aliphatic carbocycles. The van der Waals surface area contributed by atoms with Crippen molar-refractivity contribution in [3.05, 3.63) is 41.2 Å². The van der Waals surface area contributed by atoms with Crippen LogP contribution in [0.25, 0.3) is 0 Å². The van der Waals surface area contributed by atoms with Crippen LogP contribution in [0.5, 0.6) is 0 Å². The molecule has 84 valence electrons. The molecule has 16 heavy (non-hydrogen) atoms. The van der Waals surface area contributed by atoms with Gasteiger partial charge in [0, 0.05) is 24.5 Å². The van der Waals surface area contributed by atoms with E-state index >= 15 is 0 Å². The number of aromatic nitrogens is 1. The van der Waals surface area contributed by atoms with Crippen molar-refractivity contribution in [1.29, 1.82) is 0 Å². The Morgan fingerprint density at radius 3 is 2.75 bits per heavy atom. The molecule has 1 heterocycles. The minimum Gasteiger partial charge on any atom is -0.397 e. The van der Waals surface area contributed by atoms with E-state index in [2.05, 4.69) is 4.98 Å². The second-order valence-corrected chi connectivity index (χ2v) is 4.20. The van der Waals surface area contributed by atoms with Crippen molar-refractivity contribution in [2.75, 3.05) is 17.7 Å². The molecule has 0 unspecified atom stereocenters. The third-order valence-electron chi connectivity index (χ3n) is 2.64. The molecule has 4 heteroatoms. The Morgan fingerprint density at radius 2 is 2.12 bits per heavy atom. The van der Waals surface area contributed by atoms with Crippen LogP contribution >= 0.6 is 11.6 Å². The van der Waals surface area contributed by atoms with Crippen molar-refractivity contribution in [2.24, 2.45) is 0 Å². The third kappa shape index (κ3) is 1.86. The molecule has 0 radical (unpaired) electrons. The van der Waals surface area contributed by atoms with Gasteiger partial charge in [-0.2, -0.15) is 0 Å². The lowest BCUT2D eigenvalue weighted by Crippen LogP contribution is -2.11. The van der Waals surface area contributed by atoms with Crippen LogP contribution in [0.2, 0.25) is 5.02 Å². The monoisotopic (exact) mass is 235 g/mol. The second-order valence-electron chi connectivity index (χ2n) is 3.79. The molecule has 0 aliphatic rings. The lowest BCUT2D eigenvalue weighted by molar-refractivity contribution is 1.21. The van der Waals surface area contributed by atoms with Crippen molar-refractivity contribution >= 4 is 28.7 Å². The number of rotatable bonds is 2. The van der Waals surface area contributed by atoms with Gasteiger partial charge >= 0.3 is 0 Å². The van der Waals surface area contributed by atoms with Crippen LogP contribution in [-0.2, 0) is 0 Å². The van der Waals surface area contributed by atoms with E-state index in [0.29, 0.717) is 10.7 Å². The average Bonchev–Trinajstić information content (AvgIpc) is 2.75. The molecule has 0 amide bonds. The van der Waals surface area contributed by atoms with Gasteiger partial charge in [0.1, 0.15) is 0 Å². The highest BCUT2D eigenvalue weighted by Crippen LogP contribution is 2.32. The maximum absolute atomic E-state index is 6.01. The van der Waals surface area contributed by atoms with Crippen LogP contribution < -0.4 is 10.6 Å². The first-order valence-electron chi connectivity index (χ1n) is 5.01. The van der Waals surface area contributed by atoms with Crippen molar-refractivity contribution < 1.29 is 0 Å². The molecular formula is C12H14ClN3. The van der Waals surface area contributed by atoms with Crippen LogP contribution in [0.15, 0.2) is 30.6 Å². The molecule has 0 fully saturated rings. The van der Waals surface area contributed by atoms with E-state index in [1.165, 1.54) is 0 Å². The SMILES string of the molecule is Cc1cc(N(C)c2cc[nH]c2)c(N)cc1Cl. The Balaban J connectivity index is 2.44. The number of halogens is 1. The number of nitrogens with two attached hydrogens (primary N) is 1. The number of aryl methyl sites for hydroxylation is 1. The summed E-state index contributed by atoms with van der Waals surface area (Å²) < 4.78 is 0. The lowest BCUT2D eigenvalue weighted by atomic mass is 10.1. The Labute approximate surface area is 99.8 Å². The van der Waals surface area contributed by atoms with Crippen molar-refractivity contribution in [2.45, 2.75) is 6.92 Å². The van der Waals surface area contributed by atoms with Crippen LogP contribution in [0, 0.1) is 6.92 Å². The van der Waals surface area contributed by atoms with Gasteiger partial charge in [0.05, 0.1) is 17.1 Å². The average molecular weight is 236 g/mol. The Morgan fingerprint density at radius 1 is 1.38 bits per heavy atom. The Bertz CT molecular complexity index is 491. The molecule has 2 aromatic rings. The number of nitrogens with one attached hydrogen (secondary N) is 1. The van der Waals surface area contributed by atoms with Gasteiger partial charge in [0.25, 0.3) is 0 Å². The summed E-state index contributed by atoms with van der Waals surface area (Å²) >= 11 is 6.01. The molecule has 1 aromatic carbocycles. The van der Waals surface area contributed by atoms with E-state index in [9.17, 15) is 0 Å². The quantitative estimate of drug-likeness (QED) is 0.785. The number of hydrogen-bond donors (Lipinski definition) is 2. The summed E-state index contributed by atoms with van der Waals surface area (Å²) in [5.74, 6) is 0. The molecule has 0 saturated heterocycles.